The molecule has 3 aromatic rings. The van der Waals surface area contributed by atoms with Gasteiger partial charge in [-0.15, -0.1) is 0 Å². The number of aromatic amines is 1. The SMILES string of the molecule is COc1cc2cc(c1OC)-c1ccc3c(c1)C(CCO3)NC(=O)CCN(C(=O)c1[nH]c3c(c1C)C(=O)CCC3)CCNC(=O)CC2. The Balaban J connectivity index is 1.31. The summed E-state index contributed by atoms with van der Waals surface area (Å²) in [7, 11) is 3.17. The van der Waals surface area contributed by atoms with Crippen LogP contribution in [0.2, 0.25) is 0 Å². The number of hydrogen-bond acceptors (Lipinski definition) is 7. The van der Waals surface area contributed by atoms with Crippen molar-refractivity contribution in [2.45, 2.75) is 57.9 Å². The lowest BCUT2D eigenvalue weighted by atomic mass is 9.93. The van der Waals surface area contributed by atoms with E-state index in [1.807, 2.05) is 30.3 Å². The van der Waals surface area contributed by atoms with E-state index in [0.29, 0.717) is 66.4 Å². The largest absolute Gasteiger partial charge is 0.493 e. The maximum Gasteiger partial charge on any atom is 0.270 e. The fourth-order valence-electron chi connectivity index (χ4n) is 6.73. The minimum Gasteiger partial charge on any atom is -0.493 e. The molecule has 6 rings (SSSR count). The van der Waals surface area contributed by atoms with E-state index in [0.717, 1.165) is 34.4 Å². The number of aryl methyl sites for hydroxylation is 2. The number of nitrogens with one attached hydrogen (secondary N) is 3. The predicted octanol–water partition coefficient (Wildman–Crippen LogP) is 4.06. The zero-order valence-corrected chi connectivity index (χ0v) is 26.5. The molecule has 0 saturated carbocycles. The van der Waals surface area contributed by atoms with Gasteiger partial charge in [0.1, 0.15) is 11.4 Å². The van der Waals surface area contributed by atoms with Crippen LogP contribution in [0.25, 0.3) is 11.1 Å². The van der Waals surface area contributed by atoms with Gasteiger partial charge in [0.05, 0.1) is 26.9 Å². The molecule has 1 aliphatic carbocycles. The van der Waals surface area contributed by atoms with Crippen LogP contribution in [0, 0.1) is 6.92 Å². The molecular weight excluding hydrogens is 588 g/mol. The summed E-state index contributed by atoms with van der Waals surface area (Å²) in [6.07, 6.45) is 3.29. The average molecular weight is 629 g/mol. The minimum absolute atomic E-state index is 0.0434. The summed E-state index contributed by atoms with van der Waals surface area (Å²) in [5, 5.41) is 6.09. The number of carbonyl (C=O) groups excluding carboxylic acids is 4. The molecule has 1 unspecified atom stereocenters. The van der Waals surface area contributed by atoms with E-state index in [1.54, 1.807) is 26.0 Å². The van der Waals surface area contributed by atoms with E-state index in [1.165, 1.54) is 0 Å². The Labute approximate surface area is 268 Å². The summed E-state index contributed by atoms with van der Waals surface area (Å²) in [6, 6.07) is 9.45. The first kappa shape index (κ1) is 31.2. The highest BCUT2D eigenvalue weighted by Crippen LogP contribution is 2.42. The van der Waals surface area contributed by atoms with E-state index in [9.17, 15) is 19.2 Å². The molecule has 2 aliphatic heterocycles. The van der Waals surface area contributed by atoms with Crippen LogP contribution in [0.4, 0.5) is 0 Å². The minimum atomic E-state index is -0.296. The van der Waals surface area contributed by atoms with Crippen molar-refractivity contribution in [3.63, 3.8) is 0 Å². The number of methoxy groups -OCH3 is 2. The Bertz CT molecular complexity index is 1690. The first-order valence-electron chi connectivity index (χ1n) is 15.9. The molecule has 2 aromatic carbocycles. The Hall–Kier alpha value is -4.80. The van der Waals surface area contributed by atoms with E-state index in [-0.39, 0.29) is 62.0 Å². The Morgan fingerprint density at radius 1 is 0.957 bits per heavy atom. The Kier molecular flexibility index (Phi) is 9.01. The van der Waals surface area contributed by atoms with Crippen LogP contribution >= 0.6 is 0 Å². The fraction of sp³-hybridized carbons (Fsp3) is 0.429. The van der Waals surface area contributed by atoms with E-state index < -0.39 is 0 Å². The molecule has 0 radical (unpaired) electrons. The number of hydrogen-bond donors (Lipinski definition) is 3. The van der Waals surface area contributed by atoms with Gasteiger partial charge in [0.25, 0.3) is 5.91 Å². The maximum atomic E-state index is 13.9. The number of Topliss-reactive ketones (excluding diaryl/α,β-unsaturated/α-hetero) is 1. The zero-order chi connectivity index (χ0) is 32.4. The number of aromatic nitrogens is 1. The fourth-order valence-corrected chi connectivity index (χ4v) is 6.73. The van der Waals surface area contributed by atoms with E-state index in [2.05, 4.69) is 15.6 Å². The number of H-pyrrole nitrogens is 1. The van der Waals surface area contributed by atoms with Crippen LogP contribution < -0.4 is 24.8 Å². The molecule has 4 bridgehead atoms. The smallest absolute Gasteiger partial charge is 0.270 e. The third-order valence-electron chi connectivity index (χ3n) is 9.13. The van der Waals surface area contributed by atoms with Crippen LogP contribution in [0.15, 0.2) is 30.3 Å². The van der Waals surface area contributed by atoms with Gasteiger partial charge in [0, 0.05) is 67.7 Å². The number of amides is 3. The highest BCUT2D eigenvalue weighted by atomic mass is 16.5. The lowest BCUT2D eigenvalue weighted by Crippen LogP contribution is -2.41. The van der Waals surface area contributed by atoms with E-state index >= 15 is 0 Å². The third kappa shape index (κ3) is 6.18. The van der Waals surface area contributed by atoms with E-state index in [4.69, 9.17) is 14.2 Å². The molecule has 3 amide bonds. The van der Waals surface area contributed by atoms with Gasteiger partial charge in [-0.05, 0) is 67.1 Å². The molecule has 0 saturated heterocycles. The number of ether oxygens (including phenoxy) is 3. The van der Waals surface area contributed by atoms with Crippen molar-refractivity contribution in [3.8, 4) is 28.4 Å². The molecule has 0 fully saturated rings. The lowest BCUT2D eigenvalue weighted by Gasteiger charge is -2.28. The quantitative estimate of drug-likeness (QED) is 0.398. The molecule has 242 valence electrons. The van der Waals surface area contributed by atoms with Gasteiger partial charge in [-0.2, -0.15) is 0 Å². The molecule has 3 aliphatic rings. The highest BCUT2D eigenvalue weighted by molar-refractivity contribution is 6.04. The summed E-state index contributed by atoms with van der Waals surface area (Å²) < 4.78 is 17.4. The summed E-state index contributed by atoms with van der Waals surface area (Å²) in [5.74, 6) is 1.22. The first-order chi connectivity index (χ1) is 22.3. The summed E-state index contributed by atoms with van der Waals surface area (Å²) in [5.41, 5.74) is 5.85. The molecule has 0 spiro atoms. The van der Waals surface area contributed by atoms with Crippen molar-refractivity contribution in [2.75, 3.05) is 40.5 Å². The molecule has 3 heterocycles. The molecule has 11 nitrogen and oxygen atoms in total. The average Bonchev–Trinajstić information content (AvgIpc) is 3.41. The number of nitrogens with zero attached hydrogens (tertiary/aromatic N) is 1. The molecule has 1 aromatic heterocycles. The molecular formula is C35H40N4O7. The second-order valence-electron chi connectivity index (χ2n) is 12.0. The van der Waals surface area contributed by atoms with Gasteiger partial charge in [-0.3, -0.25) is 19.2 Å². The normalized spacial score (nSPS) is 18.7. The topological polar surface area (TPSA) is 139 Å². The lowest BCUT2D eigenvalue weighted by molar-refractivity contribution is -0.123. The van der Waals surface area contributed by atoms with Gasteiger partial charge in [-0.1, -0.05) is 6.07 Å². The van der Waals surface area contributed by atoms with Crippen LogP contribution in [-0.4, -0.2) is 73.8 Å². The van der Waals surface area contributed by atoms with Crippen molar-refractivity contribution < 1.29 is 33.4 Å². The van der Waals surface area contributed by atoms with Gasteiger partial charge in [0.15, 0.2) is 17.3 Å². The molecule has 11 heteroatoms. The van der Waals surface area contributed by atoms with Crippen LogP contribution in [0.1, 0.15) is 81.4 Å². The van der Waals surface area contributed by atoms with Gasteiger partial charge >= 0.3 is 0 Å². The molecule has 1 atom stereocenters. The van der Waals surface area contributed by atoms with Crippen molar-refractivity contribution >= 4 is 23.5 Å². The number of ketones is 1. The zero-order valence-electron chi connectivity index (χ0n) is 26.5. The van der Waals surface area contributed by atoms with Gasteiger partial charge < -0.3 is 34.7 Å². The van der Waals surface area contributed by atoms with Crippen LogP contribution in [0.5, 0.6) is 17.2 Å². The van der Waals surface area contributed by atoms with Crippen molar-refractivity contribution in [2.24, 2.45) is 0 Å². The highest BCUT2D eigenvalue weighted by Gasteiger charge is 2.30. The summed E-state index contributed by atoms with van der Waals surface area (Å²) in [6.45, 7) is 2.83. The number of fused-ring (bicyclic) bond motifs is 5. The summed E-state index contributed by atoms with van der Waals surface area (Å²) in [4.78, 5) is 57.6. The number of benzene rings is 2. The van der Waals surface area contributed by atoms with Crippen molar-refractivity contribution in [1.82, 2.24) is 20.5 Å². The monoisotopic (exact) mass is 628 g/mol. The maximum absolute atomic E-state index is 13.9. The second kappa shape index (κ2) is 13.3. The Morgan fingerprint density at radius 3 is 2.59 bits per heavy atom. The van der Waals surface area contributed by atoms with Crippen LogP contribution in [-0.2, 0) is 22.4 Å². The standard InChI is InChI=1S/C35H40N4O7/c1-20-32-26(5-4-6-27(32)40)38-33(20)35(43)39-14-11-31(42)37-25-12-16-46-28-9-8-22(19-24(25)28)23-17-21(7-10-30(41)36-13-15-39)18-29(44-2)34(23)45-3/h8-9,17-19,25,38H,4-7,10-16H2,1-3H3,(H,36,41)(H,37,42). The second-order valence-corrected chi connectivity index (χ2v) is 12.0. The third-order valence-corrected chi connectivity index (χ3v) is 9.13. The number of rotatable bonds is 3. The Morgan fingerprint density at radius 2 is 1.80 bits per heavy atom. The number of carbonyl (C=O) groups is 4. The molecule has 46 heavy (non-hydrogen) atoms. The van der Waals surface area contributed by atoms with Gasteiger partial charge in [0.2, 0.25) is 11.8 Å². The van der Waals surface area contributed by atoms with Gasteiger partial charge in [-0.25, -0.2) is 0 Å². The van der Waals surface area contributed by atoms with Crippen molar-refractivity contribution in [3.05, 3.63) is 64.0 Å². The summed E-state index contributed by atoms with van der Waals surface area (Å²) >= 11 is 0. The van der Waals surface area contributed by atoms with Crippen LogP contribution in [0.3, 0.4) is 0 Å². The predicted molar refractivity (Wildman–Crippen MR) is 171 cm³/mol. The first-order valence-corrected chi connectivity index (χ1v) is 15.9. The van der Waals surface area contributed by atoms with Crippen molar-refractivity contribution in [1.29, 1.82) is 0 Å². The molecule has 3 N–H and O–H groups in total.